The van der Waals surface area contributed by atoms with Crippen molar-refractivity contribution in [2.24, 2.45) is 15.4 Å². The van der Waals surface area contributed by atoms with Crippen molar-refractivity contribution in [3.63, 3.8) is 0 Å². The Hall–Kier alpha value is -2.80. The fourth-order valence-corrected chi connectivity index (χ4v) is 1.35. The van der Waals surface area contributed by atoms with Crippen LogP contribution in [0, 0.1) is 11.3 Å². The van der Waals surface area contributed by atoms with E-state index in [-0.39, 0.29) is 5.71 Å². The first-order valence-corrected chi connectivity index (χ1v) is 5.39. The molecule has 4 heteroatoms. The van der Waals surface area contributed by atoms with Gasteiger partial charge >= 0.3 is 0 Å². The summed E-state index contributed by atoms with van der Waals surface area (Å²) in [5.41, 5.74) is 1.67. The lowest BCUT2D eigenvalue weighted by Crippen LogP contribution is -1.94. The lowest BCUT2D eigenvalue weighted by Gasteiger charge is -1.93. The van der Waals surface area contributed by atoms with E-state index in [1.54, 1.807) is 12.1 Å². The Morgan fingerprint density at radius 1 is 0.889 bits per heavy atom. The van der Waals surface area contributed by atoms with Crippen LogP contribution in [0.1, 0.15) is 5.56 Å². The molecule has 0 N–H and O–H groups in total. The molecule has 18 heavy (non-hydrogen) atoms. The molecular formula is C14H10N4. The highest BCUT2D eigenvalue weighted by Crippen LogP contribution is 2.10. The lowest BCUT2D eigenvalue weighted by atomic mass is 10.1. The van der Waals surface area contributed by atoms with Crippen LogP contribution in [-0.2, 0) is 0 Å². The van der Waals surface area contributed by atoms with Crippen molar-refractivity contribution in [3.8, 4) is 6.07 Å². The SMILES string of the molecule is N#C/C(=N/N=Nc1ccccc1)c1ccccc1. The fourth-order valence-electron chi connectivity index (χ4n) is 1.35. The second kappa shape index (κ2) is 6.06. The van der Waals surface area contributed by atoms with Gasteiger partial charge in [0, 0.05) is 5.56 Å². The Labute approximate surface area is 105 Å². The number of hydrogen-bond acceptors (Lipinski definition) is 3. The highest BCUT2D eigenvalue weighted by molar-refractivity contribution is 6.11. The van der Waals surface area contributed by atoms with Gasteiger partial charge in [-0.1, -0.05) is 48.5 Å². The molecule has 0 atom stereocenters. The third-order valence-electron chi connectivity index (χ3n) is 2.21. The zero-order chi connectivity index (χ0) is 12.6. The van der Waals surface area contributed by atoms with Gasteiger partial charge in [0.1, 0.15) is 6.07 Å². The van der Waals surface area contributed by atoms with Gasteiger partial charge in [0.2, 0.25) is 0 Å². The number of hydrogen-bond donors (Lipinski definition) is 0. The first-order chi connectivity index (χ1) is 8.90. The van der Waals surface area contributed by atoms with Gasteiger partial charge in [-0.2, -0.15) is 5.26 Å². The lowest BCUT2D eigenvalue weighted by molar-refractivity contribution is 1.06. The smallest absolute Gasteiger partial charge is 0.172 e. The van der Waals surface area contributed by atoms with Crippen molar-refractivity contribution in [1.82, 2.24) is 0 Å². The molecule has 0 unspecified atom stereocenters. The largest absolute Gasteiger partial charge is 0.191 e. The average Bonchev–Trinajstić information content (AvgIpc) is 2.46. The Morgan fingerprint density at radius 3 is 2.11 bits per heavy atom. The van der Waals surface area contributed by atoms with Gasteiger partial charge in [0.25, 0.3) is 0 Å². The van der Waals surface area contributed by atoms with E-state index in [1.165, 1.54) is 0 Å². The summed E-state index contributed by atoms with van der Waals surface area (Å²) >= 11 is 0. The summed E-state index contributed by atoms with van der Waals surface area (Å²) in [6.45, 7) is 0. The summed E-state index contributed by atoms with van der Waals surface area (Å²) in [6, 6.07) is 20.4. The standard InChI is InChI=1S/C14H10N4/c15-11-14(12-7-3-1-4-8-12)17-18-16-13-9-5-2-6-10-13/h1-10H/b17-14-,18-16?. The third-order valence-corrected chi connectivity index (χ3v) is 2.21. The maximum atomic E-state index is 8.99. The number of nitriles is 1. The Balaban J connectivity index is 2.18. The van der Waals surface area contributed by atoms with Crippen LogP contribution in [0.15, 0.2) is 76.1 Å². The van der Waals surface area contributed by atoms with E-state index in [0.29, 0.717) is 5.69 Å². The number of rotatable bonds is 3. The Morgan fingerprint density at radius 2 is 1.50 bits per heavy atom. The Kier molecular flexibility index (Phi) is 3.93. The predicted molar refractivity (Wildman–Crippen MR) is 69.6 cm³/mol. The maximum absolute atomic E-state index is 8.99. The zero-order valence-electron chi connectivity index (χ0n) is 9.56. The number of nitrogens with zero attached hydrogens (tertiary/aromatic N) is 4. The van der Waals surface area contributed by atoms with Crippen LogP contribution in [0.2, 0.25) is 0 Å². The fraction of sp³-hybridized carbons (Fsp3) is 0. The molecule has 0 radical (unpaired) electrons. The molecule has 0 fully saturated rings. The summed E-state index contributed by atoms with van der Waals surface area (Å²) in [5.74, 6) is 0. The second-order valence-electron chi connectivity index (χ2n) is 3.45. The van der Waals surface area contributed by atoms with E-state index in [2.05, 4.69) is 15.4 Å². The summed E-state index contributed by atoms with van der Waals surface area (Å²) in [6.07, 6.45) is 0. The van der Waals surface area contributed by atoms with Crippen molar-refractivity contribution in [2.75, 3.05) is 0 Å². The van der Waals surface area contributed by atoms with Crippen LogP contribution in [-0.4, -0.2) is 5.71 Å². The van der Waals surface area contributed by atoms with Crippen LogP contribution in [0.3, 0.4) is 0 Å². The van der Waals surface area contributed by atoms with E-state index < -0.39 is 0 Å². The van der Waals surface area contributed by atoms with Crippen LogP contribution in [0.4, 0.5) is 5.69 Å². The van der Waals surface area contributed by atoms with Crippen LogP contribution in [0.5, 0.6) is 0 Å². The predicted octanol–water partition coefficient (Wildman–Crippen LogP) is 3.70. The minimum atomic E-state index is 0.246. The summed E-state index contributed by atoms with van der Waals surface area (Å²) in [7, 11) is 0. The van der Waals surface area contributed by atoms with Crippen LogP contribution < -0.4 is 0 Å². The van der Waals surface area contributed by atoms with Gasteiger partial charge in [-0.3, -0.25) is 0 Å². The first-order valence-electron chi connectivity index (χ1n) is 5.39. The average molecular weight is 234 g/mol. The van der Waals surface area contributed by atoms with E-state index in [0.717, 1.165) is 5.56 Å². The quantitative estimate of drug-likeness (QED) is 0.453. The highest BCUT2D eigenvalue weighted by Gasteiger charge is 1.99. The zero-order valence-corrected chi connectivity index (χ0v) is 9.56. The molecule has 86 valence electrons. The summed E-state index contributed by atoms with van der Waals surface area (Å²) in [5, 5.41) is 20.4. The minimum Gasteiger partial charge on any atom is -0.191 e. The molecule has 0 aromatic heterocycles. The van der Waals surface area contributed by atoms with Crippen molar-refractivity contribution in [3.05, 3.63) is 66.2 Å². The van der Waals surface area contributed by atoms with Crippen molar-refractivity contribution in [2.45, 2.75) is 0 Å². The molecule has 0 aliphatic carbocycles. The molecule has 0 amide bonds. The van der Waals surface area contributed by atoms with E-state index >= 15 is 0 Å². The molecule has 4 nitrogen and oxygen atoms in total. The van der Waals surface area contributed by atoms with Crippen LogP contribution in [0.25, 0.3) is 0 Å². The highest BCUT2D eigenvalue weighted by atomic mass is 15.4. The minimum absolute atomic E-state index is 0.246. The maximum Gasteiger partial charge on any atom is 0.172 e. The molecule has 0 spiro atoms. The molecular weight excluding hydrogens is 224 g/mol. The van der Waals surface area contributed by atoms with Crippen molar-refractivity contribution >= 4 is 11.4 Å². The van der Waals surface area contributed by atoms with Crippen LogP contribution >= 0.6 is 0 Å². The molecule has 0 saturated heterocycles. The molecule has 2 aromatic carbocycles. The van der Waals surface area contributed by atoms with Gasteiger partial charge in [-0.15, -0.1) is 10.2 Å². The summed E-state index contributed by atoms with van der Waals surface area (Å²) < 4.78 is 0. The Bertz CT molecular complexity index is 595. The monoisotopic (exact) mass is 234 g/mol. The van der Waals surface area contributed by atoms with Crippen molar-refractivity contribution in [1.29, 1.82) is 5.26 Å². The summed E-state index contributed by atoms with van der Waals surface area (Å²) in [4.78, 5) is 0. The van der Waals surface area contributed by atoms with Gasteiger partial charge in [-0.05, 0) is 17.4 Å². The van der Waals surface area contributed by atoms with Crippen molar-refractivity contribution < 1.29 is 0 Å². The van der Waals surface area contributed by atoms with Gasteiger partial charge in [0.05, 0.1) is 5.69 Å². The van der Waals surface area contributed by atoms with E-state index in [9.17, 15) is 0 Å². The molecule has 0 heterocycles. The first kappa shape index (κ1) is 11.7. The molecule has 0 saturated carbocycles. The molecule has 0 aliphatic rings. The second-order valence-corrected chi connectivity index (χ2v) is 3.45. The molecule has 2 rings (SSSR count). The molecule has 0 aliphatic heterocycles. The van der Waals surface area contributed by atoms with Gasteiger partial charge in [0.15, 0.2) is 5.71 Å². The third kappa shape index (κ3) is 3.09. The number of benzene rings is 2. The molecule has 2 aromatic rings. The normalized spacial score (nSPS) is 11.4. The van der Waals surface area contributed by atoms with Gasteiger partial charge < -0.3 is 0 Å². The molecule has 0 bridgehead atoms. The van der Waals surface area contributed by atoms with E-state index in [1.807, 2.05) is 54.6 Å². The topological polar surface area (TPSA) is 60.9 Å². The van der Waals surface area contributed by atoms with E-state index in [4.69, 9.17) is 5.26 Å². The van der Waals surface area contributed by atoms with Gasteiger partial charge in [-0.25, -0.2) is 0 Å².